The van der Waals surface area contributed by atoms with Gasteiger partial charge in [0.1, 0.15) is 33.0 Å². The number of carbonyl (C=O) groups excluding carboxylic acids is 2. The lowest BCUT2D eigenvalue weighted by Crippen LogP contribution is -2.23. The van der Waals surface area contributed by atoms with Crippen LogP contribution < -0.4 is 21.1 Å². The van der Waals surface area contributed by atoms with E-state index in [4.69, 9.17) is 10.5 Å². The summed E-state index contributed by atoms with van der Waals surface area (Å²) in [6, 6.07) is 16.4. The minimum absolute atomic E-state index is 0.376. The highest BCUT2D eigenvalue weighted by molar-refractivity contribution is 7.58. The van der Waals surface area contributed by atoms with E-state index < -0.39 is 15.7 Å². The van der Waals surface area contributed by atoms with Crippen LogP contribution in [0.1, 0.15) is 5.56 Å². The number of amides is 3. The molecule has 7 nitrogen and oxygen atoms in total. The molecule has 3 amide bonds. The summed E-state index contributed by atoms with van der Waals surface area (Å²) in [5.41, 5.74) is 8.62. The van der Waals surface area contributed by atoms with E-state index in [2.05, 4.69) is 15.6 Å². The highest BCUT2D eigenvalue weighted by Crippen LogP contribution is 2.54. The zero-order valence-corrected chi connectivity index (χ0v) is 16.7. The lowest BCUT2D eigenvalue weighted by molar-refractivity contribution is 0.262. The summed E-state index contributed by atoms with van der Waals surface area (Å²) < 4.78 is 6.22. The number of hydrogen-bond donors (Lipinski definition) is 3. The number of aromatic nitrogens is 1. The Morgan fingerprint density at radius 2 is 1.77 bits per heavy atom. The summed E-state index contributed by atoms with van der Waals surface area (Å²) in [6.45, 7) is 1.96. The first kappa shape index (κ1) is 18.1. The monoisotopic (exact) mass is 417 g/mol. The molecule has 0 bridgehead atoms. The summed E-state index contributed by atoms with van der Waals surface area (Å²) in [4.78, 5) is 30.4. The van der Waals surface area contributed by atoms with Crippen LogP contribution in [-0.2, 0) is 0 Å². The van der Waals surface area contributed by atoms with Crippen molar-refractivity contribution in [2.45, 2.75) is 6.92 Å². The van der Waals surface area contributed by atoms with Crippen LogP contribution in [0.5, 0.6) is 11.5 Å². The summed E-state index contributed by atoms with van der Waals surface area (Å²) in [7, 11) is -1.16. The largest absolute Gasteiger partial charge is 0.456 e. The van der Waals surface area contributed by atoms with Crippen LogP contribution in [0.25, 0.3) is 20.7 Å². The van der Waals surface area contributed by atoms with Gasteiger partial charge in [-0.3, -0.25) is 0 Å². The number of para-hydroxylation sites is 2. The zero-order chi connectivity index (χ0) is 20.8. The van der Waals surface area contributed by atoms with Crippen molar-refractivity contribution in [2.24, 2.45) is 5.73 Å². The van der Waals surface area contributed by atoms with Crippen molar-refractivity contribution >= 4 is 43.3 Å². The molecule has 8 heteroatoms. The fourth-order valence-electron chi connectivity index (χ4n) is 3.61. The number of hydrogen-bond acceptors (Lipinski definition) is 4. The van der Waals surface area contributed by atoms with Gasteiger partial charge in [0.05, 0.1) is 11.3 Å². The number of urea groups is 1. The lowest BCUT2D eigenvalue weighted by Gasteiger charge is -2.15. The normalized spacial score (nSPS) is 13.0. The second-order valence-electron chi connectivity index (χ2n) is 6.81. The minimum atomic E-state index is -1.16. The van der Waals surface area contributed by atoms with Crippen molar-refractivity contribution in [1.82, 2.24) is 4.98 Å². The molecule has 0 spiro atoms. The Hall–Kier alpha value is -3.91. The third-order valence-corrected chi connectivity index (χ3v) is 6.85. The molecule has 0 saturated carbocycles. The third-order valence-electron chi connectivity index (χ3n) is 4.92. The smallest absolute Gasteiger partial charge is 0.456 e. The number of rotatable bonds is 4. The molecule has 0 aliphatic carbocycles. The molecule has 3 heterocycles. The predicted octanol–water partition coefficient (Wildman–Crippen LogP) is 5.64. The van der Waals surface area contributed by atoms with Gasteiger partial charge in [-0.25, -0.2) is 14.6 Å². The van der Waals surface area contributed by atoms with Gasteiger partial charge in [-0.1, -0.05) is 30.3 Å². The standard InChI is InChI=1S/C22H16N4O3S/c1-12-6-2-4-8-15(12)29-16-9-5-3-7-13(16)19-18-17-14(25-22(28)26-18)10-11-24-20(17)30(19)21(23)27/h2-11H,1H3,(H3-,23,24,25,26,27,28)/p+1. The van der Waals surface area contributed by atoms with E-state index in [0.717, 1.165) is 5.56 Å². The second kappa shape index (κ2) is 6.85. The number of primary amides is 1. The molecule has 30 heavy (non-hydrogen) atoms. The lowest BCUT2D eigenvalue weighted by atomic mass is 10.1. The quantitative estimate of drug-likeness (QED) is 0.374. The van der Waals surface area contributed by atoms with Crippen molar-refractivity contribution in [3.05, 3.63) is 66.4 Å². The Kier molecular flexibility index (Phi) is 4.14. The fraction of sp³-hybridized carbons (Fsp3) is 0.0455. The number of nitrogens with two attached hydrogens (primary N) is 1. The van der Waals surface area contributed by atoms with Gasteiger partial charge in [-0.2, -0.15) is 0 Å². The predicted molar refractivity (Wildman–Crippen MR) is 119 cm³/mol. The summed E-state index contributed by atoms with van der Waals surface area (Å²) in [5.74, 6) is 1.27. The SMILES string of the molecule is Cc1ccccc1Oc1ccccc1-c1c2c3c(ccnc3[s+]1C(N)=O)NC(=O)N2. The first-order chi connectivity index (χ1) is 14.5. The van der Waals surface area contributed by atoms with Gasteiger partial charge in [0.15, 0.2) is 0 Å². The molecule has 1 atom stereocenters. The van der Waals surface area contributed by atoms with E-state index in [9.17, 15) is 9.59 Å². The van der Waals surface area contributed by atoms with E-state index in [1.165, 1.54) is 0 Å². The number of nitrogens with one attached hydrogen (secondary N) is 2. The molecule has 2 aromatic heterocycles. The summed E-state index contributed by atoms with van der Waals surface area (Å²) in [6.07, 6.45) is 1.57. The maximum absolute atomic E-state index is 12.5. The van der Waals surface area contributed by atoms with Crippen molar-refractivity contribution in [1.29, 1.82) is 0 Å². The van der Waals surface area contributed by atoms with E-state index >= 15 is 0 Å². The van der Waals surface area contributed by atoms with Crippen LogP contribution >= 0.6 is 10.5 Å². The molecule has 1 aliphatic heterocycles. The number of benzene rings is 2. The van der Waals surface area contributed by atoms with Crippen LogP contribution in [0, 0.1) is 6.92 Å². The molecule has 5 rings (SSSR count). The van der Waals surface area contributed by atoms with Crippen LogP contribution in [0.2, 0.25) is 0 Å². The van der Waals surface area contributed by atoms with Crippen LogP contribution in [0.3, 0.4) is 0 Å². The first-order valence-corrected chi connectivity index (χ1v) is 10.5. The van der Waals surface area contributed by atoms with Crippen molar-refractivity contribution in [3.8, 4) is 21.9 Å². The molecular formula is C22H17N4O3S+. The number of ether oxygens (including phenoxy) is 1. The molecule has 4 N–H and O–H groups in total. The highest BCUT2D eigenvalue weighted by Gasteiger charge is 2.39. The van der Waals surface area contributed by atoms with Gasteiger partial charge in [0, 0.05) is 6.20 Å². The Labute approximate surface area is 174 Å². The molecule has 1 unspecified atom stereocenters. The van der Waals surface area contributed by atoms with E-state index in [0.29, 0.717) is 43.5 Å². The Morgan fingerprint density at radius 3 is 2.53 bits per heavy atom. The summed E-state index contributed by atoms with van der Waals surface area (Å²) in [5, 5.41) is 5.78. The van der Waals surface area contributed by atoms with Gasteiger partial charge in [-0.05, 0) is 36.8 Å². The van der Waals surface area contributed by atoms with Crippen molar-refractivity contribution in [2.75, 3.05) is 10.6 Å². The maximum atomic E-state index is 12.5. The van der Waals surface area contributed by atoms with Crippen molar-refractivity contribution < 1.29 is 14.3 Å². The van der Waals surface area contributed by atoms with Crippen LogP contribution in [-0.4, -0.2) is 16.3 Å². The number of carbonyl (C=O) groups is 2. The molecule has 1 aliphatic rings. The van der Waals surface area contributed by atoms with Gasteiger partial charge in [0.25, 0.3) is 4.83 Å². The first-order valence-electron chi connectivity index (χ1n) is 9.23. The third kappa shape index (κ3) is 2.77. The molecule has 0 radical (unpaired) electrons. The molecule has 0 fully saturated rings. The number of thiophene rings is 1. The number of anilines is 2. The molecule has 2 aromatic carbocycles. The van der Waals surface area contributed by atoms with E-state index in [1.54, 1.807) is 12.3 Å². The van der Waals surface area contributed by atoms with Crippen LogP contribution in [0.4, 0.5) is 21.0 Å². The second-order valence-corrected chi connectivity index (χ2v) is 8.62. The Bertz CT molecular complexity index is 1350. The number of nitrogens with zero attached hydrogens (tertiary/aromatic N) is 1. The van der Waals surface area contributed by atoms with Crippen molar-refractivity contribution in [3.63, 3.8) is 0 Å². The molecular weight excluding hydrogens is 400 g/mol. The zero-order valence-electron chi connectivity index (χ0n) is 15.9. The minimum Gasteiger partial charge on any atom is -0.456 e. The van der Waals surface area contributed by atoms with Gasteiger partial charge in [0.2, 0.25) is 4.88 Å². The Morgan fingerprint density at radius 1 is 1.03 bits per heavy atom. The van der Waals surface area contributed by atoms with Crippen LogP contribution in [0.15, 0.2) is 60.8 Å². The van der Waals surface area contributed by atoms with E-state index in [-0.39, 0.29) is 6.03 Å². The number of aryl methyl sites for hydroxylation is 1. The average molecular weight is 417 g/mol. The highest BCUT2D eigenvalue weighted by atomic mass is 32.2. The van der Waals surface area contributed by atoms with Gasteiger partial charge < -0.3 is 21.1 Å². The van der Waals surface area contributed by atoms with E-state index in [1.807, 2.05) is 55.5 Å². The topological polar surface area (TPSA) is 106 Å². The molecule has 148 valence electrons. The van der Waals surface area contributed by atoms with Gasteiger partial charge in [-0.15, -0.1) is 0 Å². The Balaban J connectivity index is 1.80. The number of pyridine rings is 1. The summed E-state index contributed by atoms with van der Waals surface area (Å²) >= 11 is 0. The van der Waals surface area contributed by atoms with Gasteiger partial charge >= 0.3 is 11.3 Å². The molecule has 4 aromatic rings. The fourth-order valence-corrected chi connectivity index (χ4v) is 5.53. The maximum Gasteiger partial charge on any atom is 0.456 e. The average Bonchev–Trinajstić information content (AvgIpc) is 3.05. The molecule has 0 saturated heterocycles.